The van der Waals surface area contributed by atoms with E-state index in [1.54, 1.807) is 36.4 Å². The van der Waals surface area contributed by atoms with E-state index in [9.17, 15) is 14.7 Å². The third-order valence-corrected chi connectivity index (χ3v) is 5.54. The van der Waals surface area contributed by atoms with Crippen LogP contribution in [0, 0.1) is 0 Å². The van der Waals surface area contributed by atoms with Crippen LogP contribution in [-0.2, 0) is 4.79 Å². The lowest BCUT2D eigenvalue weighted by Gasteiger charge is -2.09. The van der Waals surface area contributed by atoms with Crippen molar-refractivity contribution < 1.29 is 14.7 Å². The van der Waals surface area contributed by atoms with Crippen molar-refractivity contribution in [1.29, 1.82) is 0 Å². The number of aromatic carboxylic acids is 1. The van der Waals surface area contributed by atoms with Crippen LogP contribution in [0.3, 0.4) is 0 Å². The molecule has 148 valence electrons. The van der Waals surface area contributed by atoms with Gasteiger partial charge in [-0.25, -0.2) is 9.78 Å². The quantitative estimate of drug-likeness (QED) is 0.417. The van der Waals surface area contributed by atoms with Crippen molar-refractivity contribution in [3.63, 3.8) is 0 Å². The van der Waals surface area contributed by atoms with E-state index in [-0.39, 0.29) is 11.5 Å². The van der Waals surface area contributed by atoms with Crippen molar-refractivity contribution in [2.24, 2.45) is 0 Å². The number of pyridine rings is 1. The van der Waals surface area contributed by atoms with Gasteiger partial charge in [0.15, 0.2) is 0 Å². The van der Waals surface area contributed by atoms with Gasteiger partial charge < -0.3 is 10.4 Å². The van der Waals surface area contributed by atoms with Crippen molar-refractivity contribution in [2.75, 3.05) is 11.1 Å². The Morgan fingerprint density at radius 2 is 1.60 bits per heavy atom. The van der Waals surface area contributed by atoms with E-state index >= 15 is 0 Å². The molecule has 0 unspecified atom stereocenters. The molecule has 6 heteroatoms. The first-order valence-corrected chi connectivity index (χ1v) is 10.3. The number of carbonyl (C=O) groups is 2. The van der Waals surface area contributed by atoms with Crippen molar-refractivity contribution in [2.45, 2.75) is 4.90 Å². The first-order valence-electron chi connectivity index (χ1n) is 9.31. The number of carboxylic acids is 1. The van der Waals surface area contributed by atoms with Crippen LogP contribution >= 0.6 is 11.8 Å². The summed E-state index contributed by atoms with van der Waals surface area (Å²) in [6, 6.07) is 25.7. The Balaban J connectivity index is 1.49. The molecule has 0 fully saturated rings. The normalized spacial score (nSPS) is 10.7. The minimum absolute atomic E-state index is 0.0893. The molecule has 4 aromatic rings. The van der Waals surface area contributed by atoms with Crippen molar-refractivity contribution in [3.05, 3.63) is 90.5 Å². The molecule has 1 aromatic heterocycles. The molecule has 0 bridgehead atoms. The fourth-order valence-electron chi connectivity index (χ4n) is 3.09. The first-order chi connectivity index (χ1) is 14.6. The van der Waals surface area contributed by atoms with Crippen LogP contribution in [0.4, 0.5) is 5.69 Å². The van der Waals surface area contributed by atoms with Crippen LogP contribution < -0.4 is 5.32 Å². The van der Waals surface area contributed by atoms with E-state index < -0.39 is 5.97 Å². The monoisotopic (exact) mass is 414 g/mol. The van der Waals surface area contributed by atoms with Crippen molar-refractivity contribution in [1.82, 2.24) is 4.98 Å². The molecule has 5 nitrogen and oxygen atoms in total. The third-order valence-electron chi connectivity index (χ3n) is 4.52. The average molecular weight is 414 g/mol. The van der Waals surface area contributed by atoms with Gasteiger partial charge in [0, 0.05) is 21.5 Å². The highest BCUT2D eigenvalue weighted by atomic mass is 32.2. The molecular weight excluding hydrogens is 396 g/mol. The van der Waals surface area contributed by atoms with Gasteiger partial charge in [0.2, 0.25) is 5.91 Å². The number of nitrogens with one attached hydrogen (secondary N) is 1. The molecule has 0 atom stereocenters. The number of carboxylic acid groups (broad SMARTS) is 1. The van der Waals surface area contributed by atoms with Gasteiger partial charge in [-0.2, -0.15) is 0 Å². The number of hydrogen-bond acceptors (Lipinski definition) is 4. The number of nitrogens with zero attached hydrogens (tertiary/aromatic N) is 1. The fourth-order valence-corrected chi connectivity index (χ4v) is 3.81. The highest BCUT2D eigenvalue weighted by Crippen LogP contribution is 2.26. The second-order valence-electron chi connectivity index (χ2n) is 6.60. The zero-order valence-corrected chi connectivity index (χ0v) is 16.7. The maximum absolute atomic E-state index is 12.2. The van der Waals surface area contributed by atoms with Crippen LogP contribution in [0.25, 0.3) is 22.2 Å². The first kappa shape index (κ1) is 19.7. The smallest absolute Gasteiger partial charge is 0.336 e. The number of aromatic nitrogens is 1. The largest absolute Gasteiger partial charge is 0.478 e. The predicted molar refractivity (Wildman–Crippen MR) is 120 cm³/mol. The third kappa shape index (κ3) is 4.50. The number of para-hydroxylation sites is 1. The summed E-state index contributed by atoms with van der Waals surface area (Å²) in [7, 11) is 0. The van der Waals surface area contributed by atoms with Gasteiger partial charge in [-0.1, -0.05) is 48.5 Å². The van der Waals surface area contributed by atoms with Crippen LogP contribution in [0.5, 0.6) is 0 Å². The summed E-state index contributed by atoms with van der Waals surface area (Å²) in [6.07, 6.45) is 0. The summed E-state index contributed by atoms with van der Waals surface area (Å²) in [6.45, 7) is 0. The molecule has 0 saturated carbocycles. The Labute approximate surface area is 177 Å². The summed E-state index contributed by atoms with van der Waals surface area (Å²) in [5.41, 5.74) is 2.87. The lowest BCUT2D eigenvalue weighted by Crippen LogP contribution is -2.13. The van der Waals surface area contributed by atoms with Gasteiger partial charge in [0.1, 0.15) is 0 Å². The summed E-state index contributed by atoms with van der Waals surface area (Å²) in [4.78, 5) is 29.5. The van der Waals surface area contributed by atoms with Gasteiger partial charge in [0.05, 0.1) is 22.5 Å². The van der Waals surface area contributed by atoms with E-state index in [1.165, 1.54) is 11.8 Å². The molecule has 0 saturated heterocycles. The molecule has 0 aliphatic rings. The summed E-state index contributed by atoms with van der Waals surface area (Å²) in [5.74, 6) is -0.761. The lowest BCUT2D eigenvalue weighted by molar-refractivity contribution is -0.113. The molecule has 2 N–H and O–H groups in total. The Morgan fingerprint density at radius 1 is 0.900 bits per heavy atom. The van der Waals surface area contributed by atoms with E-state index in [4.69, 9.17) is 0 Å². The van der Waals surface area contributed by atoms with E-state index in [0.29, 0.717) is 28.0 Å². The van der Waals surface area contributed by atoms with E-state index in [2.05, 4.69) is 10.3 Å². The zero-order chi connectivity index (χ0) is 20.9. The Morgan fingerprint density at radius 3 is 2.33 bits per heavy atom. The van der Waals surface area contributed by atoms with Crippen LogP contribution in [0.2, 0.25) is 0 Å². The number of rotatable bonds is 6. The summed E-state index contributed by atoms with van der Waals surface area (Å²) < 4.78 is 0. The van der Waals surface area contributed by atoms with Gasteiger partial charge >= 0.3 is 5.97 Å². The molecule has 3 aromatic carbocycles. The molecule has 0 spiro atoms. The highest BCUT2D eigenvalue weighted by Gasteiger charge is 2.13. The molecule has 1 heterocycles. The second kappa shape index (κ2) is 8.80. The van der Waals surface area contributed by atoms with E-state index in [0.717, 1.165) is 10.5 Å². The SMILES string of the molecule is O=C(CSc1ccccc1)Nc1ccc(-c2cc(C(=O)O)c3ccccc3n2)cc1. The zero-order valence-electron chi connectivity index (χ0n) is 15.9. The van der Waals surface area contributed by atoms with Gasteiger partial charge in [-0.15, -0.1) is 11.8 Å². The Hall–Kier alpha value is -3.64. The predicted octanol–water partition coefficient (Wildman–Crippen LogP) is 5.33. The maximum Gasteiger partial charge on any atom is 0.336 e. The van der Waals surface area contributed by atoms with Gasteiger partial charge in [0.25, 0.3) is 0 Å². The summed E-state index contributed by atoms with van der Waals surface area (Å²) in [5, 5.41) is 13.0. The molecule has 0 radical (unpaired) electrons. The standard InChI is InChI=1S/C24H18N2O3S/c27-23(15-30-18-6-2-1-3-7-18)25-17-12-10-16(11-13-17)22-14-20(24(28)29)19-8-4-5-9-21(19)26-22/h1-14H,15H2,(H,25,27)(H,28,29). The lowest BCUT2D eigenvalue weighted by atomic mass is 10.0. The molecule has 4 rings (SSSR count). The topological polar surface area (TPSA) is 79.3 Å². The van der Waals surface area contributed by atoms with Crippen LogP contribution in [0.1, 0.15) is 10.4 Å². The summed E-state index contributed by atoms with van der Waals surface area (Å²) >= 11 is 1.48. The number of thioether (sulfide) groups is 1. The minimum Gasteiger partial charge on any atom is -0.478 e. The van der Waals surface area contributed by atoms with Gasteiger partial charge in [-0.3, -0.25) is 4.79 Å². The second-order valence-corrected chi connectivity index (χ2v) is 7.65. The van der Waals surface area contributed by atoms with E-state index in [1.807, 2.05) is 48.5 Å². The van der Waals surface area contributed by atoms with Crippen molar-refractivity contribution >= 4 is 40.2 Å². The number of amides is 1. The maximum atomic E-state index is 12.2. The average Bonchev–Trinajstić information content (AvgIpc) is 2.78. The molecule has 30 heavy (non-hydrogen) atoms. The van der Waals surface area contributed by atoms with Crippen LogP contribution in [0.15, 0.2) is 89.8 Å². The number of carbonyl (C=O) groups excluding carboxylic acids is 1. The van der Waals surface area contributed by atoms with Gasteiger partial charge in [-0.05, 0) is 36.4 Å². The number of fused-ring (bicyclic) bond motifs is 1. The number of anilines is 1. The highest BCUT2D eigenvalue weighted by molar-refractivity contribution is 8.00. The Kier molecular flexibility index (Phi) is 5.77. The Bertz CT molecular complexity index is 1210. The molecule has 1 amide bonds. The number of benzene rings is 3. The molecular formula is C24H18N2O3S. The fraction of sp³-hybridized carbons (Fsp3) is 0.0417. The van der Waals surface area contributed by atoms with Crippen molar-refractivity contribution in [3.8, 4) is 11.3 Å². The molecule has 0 aliphatic carbocycles. The number of hydrogen-bond donors (Lipinski definition) is 2. The molecule has 0 aliphatic heterocycles. The van der Waals surface area contributed by atoms with Crippen LogP contribution in [-0.4, -0.2) is 27.7 Å². The minimum atomic E-state index is -0.991.